The number of nitrogens with zero attached hydrogens (tertiary/aromatic N) is 1. The lowest BCUT2D eigenvalue weighted by Gasteiger charge is -2.30. The highest BCUT2D eigenvalue weighted by Crippen LogP contribution is 2.30. The third-order valence-electron chi connectivity index (χ3n) is 5.47. The number of ether oxygens (including phenoxy) is 2. The van der Waals surface area contributed by atoms with Crippen LogP contribution in [0.15, 0.2) is 48.5 Å². The van der Waals surface area contributed by atoms with Crippen molar-refractivity contribution >= 4 is 44.8 Å². The molecule has 0 aliphatic heterocycles. The maximum absolute atomic E-state index is 13.0. The molecule has 0 saturated carbocycles. The lowest BCUT2D eigenvalue weighted by atomic mass is 10.2. The Labute approximate surface area is 217 Å². The summed E-state index contributed by atoms with van der Waals surface area (Å²) in [5.41, 5.74) is 0.341. The summed E-state index contributed by atoms with van der Waals surface area (Å²) in [5, 5.41) is 6.56. The SMILES string of the molecule is CC(C)N(CCOc1ccc2sc(C(=O)Nc3ccccc3NC(=O)OC(C)(C)C)cc2c1)C(C)C. The first-order chi connectivity index (χ1) is 16.9. The zero-order chi connectivity index (χ0) is 26.5. The van der Waals surface area contributed by atoms with Crippen molar-refractivity contribution < 1.29 is 19.1 Å². The monoisotopic (exact) mass is 511 g/mol. The maximum atomic E-state index is 13.0. The second-order valence-corrected chi connectivity index (χ2v) is 11.3. The maximum Gasteiger partial charge on any atom is 0.412 e. The van der Waals surface area contributed by atoms with E-state index in [4.69, 9.17) is 9.47 Å². The molecule has 0 spiro atoms. The largest absolute Gasteiger partial charge is 0.492 e. The Morgan fingerprint density at radius 2 is 1.58 bits per heavy atom. The average molecular weight is 512 g/mol. The van der Waals surface area contributed by atoms with Crippen LogP contribution in [0.2, 0.25) is 0 Å². The number of hydrogen-bond acceptors (Lipinski definition) is 6. The van der Waals surface area contributed by atoms with Crippen LogP contribution in [0.5, 0.6) is 5.75 Å². The molecule has 0 radical (unpaired) electrons. The lowest BCUT2D eigenvalue weighted by Crippen LogP contribution is -2.39. The molecule has 2 amide bonds. The minimum absolute atomic E-state index is 0.249. The second-order valence-electron chi connectivity index (χ2n) is 10.2. The van der Waals surface area contributed by atoms with E-state index in [1.165, 1.54) is 11.3 Å². The summed E-state index contributed by atoms with van der Waals surface area (Å²) >= 11 is 1.41. The molecule has 0 fully saturated rings. The van der Waals surface area contributed by atoms with E-state index in [0.717, 1.165) is 22.4 Å². The first-order valence-corrected chi connectivity index (χ1v) is 13.1. The first-order valence-electron chi connectivity index (χ1n) is 12.3. The first kappa shape index (κ1) is 27.5. The molecule has 194 valence electrons. The third-order valence-corrected chi connectivity index (χ3v) is 6.58. The molecule has 2 N–H and O–H groups in total. The zero-order valence-corrected chi connectivity index (χ0v) is 23.0. The van der Waals surface area contributed by atoms with Gasteiger partial charge in [0.15, 0.2) is 0 Å². The van der Waals surface area contributed by atoms with Gasteiger partial charge in [-0.3, -0.25) is 15.0 Å². The number of amides is 2. The number of benzene rings is 2. The fraction of sp³-hybridized carbons (Fsp3) is 0.429. The molecule has 2 aromatic carbocycles. The Balaban J connectivity index is 1.67. The highest BCUT2D eigenvalue weighted by atomic mass is 32.1. The Hall–Kier alpha value is -3.10. The molecule has 1 aromatic heterocycles. The van der Waals surface area contributed by atoms with E-state index < -0.39 is 11.7 Å². The topological polar surface area (TPSA) is 79.9 Å². The summed E-state index contributed by atoms with van der Waals surface area (Å²) in [6.45, 7) is 15.6. The van der Waals surface area contributed by atoms with Crippen molar-refractivity contribution in [3.63, 3.8) is 0 Å². The summed E-state index contributed by atoms with van der Waals surface area (Å²) in [5.74, 6) is 0.535. The number of fused-ring (bicyclic) bond motifs is 1. The van der Waals surface area contributed by atoms with Crippen LogP contribution >= 0.6 is 11.3 Å². The summed E-state index contributed by atoms with van der Waals surface area (Å²) in [6.07, 6.45) is -0.580. The van der Waals surface area contributed by atoms with E-state index >= 15 is 0 Å². The molecule has 0 aliphatic carbocycles. The summed E-state index contributed by atoms with van der Waals surface area (Å²) < 4.78 is 12.3. The van der Waals surface area contributed by atoms with Crippen molar-refractivity contribution in [1.82, 2.24) is 4.90 Å². The summed E-state index contributed by atoms with van der Waals surface area (Å²) in [6, 6.07) is 15.7. The fourth-order valence-corrected chi connectivity index (χ4v) is 4.84. The Kier molecular flexibility index (Phi) is 8.98. The number of nitrogens with one attached hydrogen (secondary N) is 2. The van der Waals surface area contributed by atoms with Crippen molar-refractivity contribution in [3.8, 4) is 5.75 Å². The van der Waals surface area contributed by atoms with Gasteiger partial charge in [-0.05, 0) is 90.3 Å². The summed E-state index contributed by atoms with van der Waals surface area (Å²) in [7, 11) is 0. The van der Waals surface area contributed by atoms with Gasteiger partial charge in [0.05, 0.1) is 16.3 Å². The molecule has 3 rings (SSSR count). The molecular weight excluding hydrogens is 474 g/mol. The molecule has 36 heavy (non-hydrogen) atoms. The predicted octanol–water partition coefficient (Wildman–Crippen LogP) is 7.00. The number of rotatable bonds is 9. The Bertz CT molecular complexity index is 1190. The van der Waals surface area contributed by atoms with E-state index in [9.17, 15) is 9.59 Å². The number of carbonyl (C=O) groups excluding carboxylic acids is 2. The van der Waals surface area contributed by atoms with Crippen LogP contribution in [0.3, 0.4) is 0 Å². The third kappa shape index (κ3) is 7.70. The zero-order valence-electron chi connectivity index (χ0n) is 22.2. The fourth-order valence-electron chi connectivity index (χ4n) is 3.90. The minimum atomic E-state index is -0.621. The smallest absolute Gasteiger partial charge is 0.412 e. The van der Waals surface area contributed by atoms with Crippen molar-refractivity contribution in [1.29, 1.82) is 0 Å². The average Bonchev–Trinajstić information content (AvgIpc) is 3.20. The van der Waals surface area contributed by atoms with Gasteiger partial charge in [-0.15, -0.1) is 11.3 Å². The van der Waals surface area contributed by atoms with Crippen LogP contribution < -0.4 is 15.4 Å². The number of thiophene rings is 1. The van der Waals surface area contributed by atoms with Gasteiger partial charge in [-0.1, -0.05) is 12.1 Å². The number of carbonyl (C=O) groups is 2. The van der Waals surface area contributed by atoms with Gasteiger partial charge < -0.3 is 14.8 Å². The minimum Gasteiger partial charge on any atom is -0.492 e. The normalized spacial score (nSPS) is 11.8. The van der Waals surface area contributed by atoms with Gasteiger partial charge in [0, 0.05) is 23.3 Å². The molecular formula is C28H37N3O4S. The van der Waals surface area contributed by atoms with Crippen molar-refractivity contribution in [2.45, 2.75) is 66.2 Å². The van der Waals surface area contributed by atoms with Gasteiger partial charge in [0.25, 0.3) is 5.91 Å². The van der Waals surface area contributed by atoms with Crippen molar-refractivity contribution in [2.75, 3.05) is 23.8 Å². The highest BCUT2D eigenvalue weighted by molar-refractivity contribution is 7.20. The lowest BCUT2D eigenvalue weighted by molar-refractivity contribution is 0.0635. The molecule has 0 atom stereocenters. The van der Waals surface area contributed by atoms with E-state index in [1.807, 2.05) is 24.3 Å². The molecule has 0 saturated heterocycles. The molecule has 8 heteroatoms. The van der Waals surface area contributed by atoms with Crippen molar-refractivity contribution in [3.05, 3.63) is 53.4 Å². The molecule has 0 bridgehead atoms. The molecule has 3 aromatic rings. The molecule has 7 nitrogen and oxygen atoms in total. The van der Waals surface area contributed by atoms with Gasteiger partial charge in [0.2, 0.25) is 0 Å². The van der Waals surface area contributed by atoms with Crippen LogP contribution in [-0.2, 0) is 4.74 Å². The van der Waals surface area contributed by atoms with Gasteiger partial charge in [-0.2, -0.15) is 0 Å². The van der Waals surface area contributed by atoms with Crippen LogP contribution in [-0.4, -0.2) is 47.7 Å². The molecule has 0 unspecified atom stereocenters. The standard InChI is InChI=1S/C28H37N3O4S/c1-18(2)31(19(3)4)14-15-34-21-12-13-24-20(16-21)17-25(36-24)26(32)29-22-10-8-9-11-23(22)30-27(33)35-28(5,6)7/h8-13,16-19H,14-15H2,1-7H3,(H,29,32)(H,30,33). The van der Waals surface area contributed by atoms with Gasteiger partial charge >= 0.3 is 6.09 Å². The Morgan fingerprint density at radius 1 is 0.944 bits per heavy atom. The van der Waals surface area contributed by atoms with E-state index in [2.05, 4.69) is 43.2 Å². The van der Waals surface area contributed by atoms with Gasteiger partial charge in [0.1, 0.15) is 18.0 Å². The van der Waals surface area contributed by atoms with E-state index in [-0.39, 0.29) is 5.91 Å². The number of hydrogen-bond donors (Lipinski definition) is 2. The molecule has 0 aliphatic rings. The van der Waals surface area contributed by atoms with Crippen LogP contribution in [0.4, 0.5) is 16.2 Å². The predicted molar refractivity (Wildman–Crippen MR) is 149 cm³/mol. The van der Waals surface area contributed by atoms with Crippen LogP contribution in [0, 0.1) is 0 Å². The second kappa shape index (κ2) is 11.8. The summed E-state index contributed by atoms with van der Waals surface area (Å²) in [4.78, 5) is 28.2. The van der Waals surface area contributed by atoms with E-state index in [1.54, 1.807) is 45.0 Å². The van der Waals surface area contributed by atoms with Crippen LogP contribution in [0.25, 0.3) is 10.1 Å². The number of anilines is 2. The molecule has 1 heterocycles. The highest BCUT2D eigenvalue weighted by Gasteiger charge is 2.19. The number of para-hydroxylation sites is 2. The van der Waals surface area contributed by atoms with Gasteiger partial charge in [-0.25, -0.2) is 4.79 Å². The Morgan fingerprint density at radius 3 is 2.19 bits per heavy atom. The van der Waals surface area contributed by atoms with Crippen LogP contribution in [0.1, 0.15) is 58.1 Å². The quantitative estimate of drug-likeness (QED) is 0.323. The van der Waals surface area contributed by atoms with E-state index in [0.29, 0.717) is 34.9 Å². The van der Waals surface area contributed by atoms with Crippen molar-refractivity contribution in [2.24, 2.45) is 0 Å².